The molecule has 8 heteroatoms. The zero-order valence-corrected chi connectivity index (χ0v) is 15.9. The lowest BCUT2D eigenvalue weighted by Crippen LogP contribution is -1.97. The lowest BCUT2D eigenvalue weighted by atomic mass is 10.2. The highest BCUT2D eigenvalue weighted by molar-refractivity contribution is 9.10. The van der Waals surface area contributed by atoms with Crippen LogP contribution in [0.2, 0.25) is 0 Å². The molecular weight excluding hydrogens is 419 g/mol. The fraction of sp³-hybridized carbons (Fsp3) is 0.111. The van der Waals surface area contributed by atoms with Crippen LogP contribution in [0.25, 0.3) is 11.3 Å². The Morgan fingerprint density at radius 2 is 2.00 bits per heavy atom. The SMILES string of the molecule is Fc1ccc(-c2ccc(CNc3ncc(Cn4cc(Br)cn4)s3)o2)cc1. The molecule has 132 valence electrons. The maximum atomic E-state index is 13.0. The molecule has 0 radical (unpaired) electrons. The van der Waals surface area contributed by atoms with Gasteiger partial charge in [-0.25, -0.2) is 9.37 Å². The van der Waals surface area contributed by atoms with E-state index in [2.05, 4.69) is 31.3 Å². The summed E-state index contributed by atoms with van der Waals surface area (Å²) in [6.45, 7) is 1.21. The van der Waals surface area contributed by atoms with E-state index in [1.54, 1.807) is 29.7 Å². The van der Waals surface area contributed by atoms with E-state index in [1.807, 2.05) is 29.2 Å². The Labute approximate surface area is 161 Å². The van der Waals surface area contributed by atoms with Crippen LogP contribution in [0.5, 0.6) is 0 Å². The number of aromatic nitrogens is 3. The molecular formula is C18H14BrFN4OS. The zero-order valence-electron chi connectivity index (χ0n) is 13.5. The number of nitrogens with zero attached hydrogens (tertiary/aromatic N) is 3. The fourth-order valence-electron chi connectivity index (χ4n) is 2.45. The van der Waals surface area contributed by atoms with Crippen LogP contribution in [0.4, 0.5) is 9.52 Å². The predicted molar refractivity (Wildman–Crippen MR) is 103 cm³/mol. The van der Waals surface area contributed by atoms with E-state index in [0.717, 1.165) is 25.8 Å². The predicted octanol–water partition coefficient (Wildman–Crippen LogP) is 5.16. The Morgan fingerprint density at radius 3 is 2.77 bits per heavy atom. The normalized spacial score (nSPS) is 11.0. The second-order valence-electron chi connectivity index (χ2n) is 5.61. The lowest BCUT2D eigenvalue weighted by Gasteiger charge is -2.00. The first kappa shape index (κ1) is 17.0. The fourth-order valence-corrected chi connectivity index (χ4v) is 3.58. The smallest absolute Gasteiger partial charge is 0.183 e. The van der Waals surface area contributed by atoms with E-state index < -0.39 is 0 Å². The molecule has 0 saturated heterocycles. The maximum absolute atomic E-state index is 13.0. The van der Waals surface area contributed by atoms with Crippen LogP contribution < -0.4 is 5.32 Å². The van der Waals surface area contributed by atoms with E-state index in [9.17, 15) is 4.39 Å². The molecule has 26 heavy (non-hydrogen) atoms. The lowest BCUT2D eigenvalue weighted by molar-refractivity contribution is 0.531. The molecule has 0 aliphatic heterocycles. The van der Waals surface area contributed by atoms with Crippen LogP contribution in [-0.4, -0.2) is 14.8 Å². The summed E-state index contributed by atoms with van der Waals surface area (Å²) in [5, 5.41) is 8.33. The van der Waals surface area contributed by atoms with Crippen molar-refractivity contribution in [1.82, 2.24) is 14.8 Å². The largest absolute Gasteiger partial charge is 0.459 e. The van der Waals surface area contributed by atoms with E-state index in [4.69, 9.17) is 4.42 Å². The molecule has 0 unspecified atom stereocenters. The molecule has 1 N–H and O–H groups in total. The van der Waals surface area contributed by atoms with Crippen molar-refractivity contribution in [3.63, 3.8) is 0 Å². The van der Waals surface area contributed by atoms with Gasteiger partial charge in [0.05, 0.1) is 23.8 Å². The van der Waals surface area contributed by atoms with Crippen LogP contribution in [0.3, 0.4) is 0 Å². The second-order valence-corrected chi connectivity index (χ2v) is 7.65. The first-order chi connectivity index (χ1) is 12.7. The van der Waals surface area contributed by atoms with Crippen molar-refractivity contribution in [2.24, 2.45) is 0 Å². The first-order valence-electron chi connectivity index (χ1n) is 7.87. The molecule has 0 amide bonds. The van der Waals surface area contributed by atoms with Gasteiger partial charge in [0.2, 0.25) is 0 Å². The van der Waals surface area contributed by atoms with Crippen molar-refractivity contribution in [3.05, 3.63) is 75.9 Å². The van der Waals surface area contributed by atoms with Crippen LogP contribution in [0, 0.1) is 5.82 Å². The Balaban J connectivity index is 1.36. The molecule has 0 saturated carbocycles. The number of thiazole rings is 1. The number of benzene rings is 1. The van der Waals surface area contributed by atoms with Gasteiger partial charge in [-0.05, 0) is 52.3 Å². The van der Waals surface area contributed by atoms with Gasteiger partial charge in [0.15, 0.2) is 5.13 Å². The summed E-state index contributed by atoms with van der Waals surface area (Å²) in [4.78, 5) is 5.49. The van der Waals surface area contributed by atoms with E-state index >= 15 is 0 Å². The van der Waals surface area contributed by atoms with Crippen LogP contribution >= 0.6 is 27.3 Å². The molecule has 3 heterocycles. The van der Waals surface area contributed by atoms with Crippen molar-refractivity contribution in [2.45, 2.75) is 13.1 Å². The summed E-state index contributed by atoms with van der Waals surface area (Å²) in [5.74, 6) is 1.24. The number of anilines is 1. The van der Waals surface area contributed by atoms with E-state index in [1.165, 1.54) is 12.1 Å². The molecule has 0 atom stereocenters. The summed E-state index contributed by atoms with van der Waals surface area (Å²) in [6, 6.07) is 10.0. The number of hydrogen-bond donors (Lipinski definition) is 1. The van der Waals surface area contributed by atoms with Crippen LogP contribution in [0.1, 0.15) is 10.6 Å². The third-order valence-electron chi connectivity index (χ3n) is 3.68. The van der Waals surface area contributed by atoms with E-state index in [-0.39, 0.29) is 5.82 Å². The zero-order chi connectivity index (χ0) is 17.9. The minimum Gasteiger partial charge on any atom is -0.459 e. The molecule has 3 aromatic heterocycles. The molecule has 1 aromatic carbocycles. The average Bonchev–Trinajstić information content (AvgIpc) is 3.36. The van der Waals surface area contributed by atoms with Gasteiger partial charge in [-0.15, -0.1) is 11.3 Å². The second kappa shape index (κ2) is 7.43. The Kier molecular flexibility index (Phi) is 4.85. The van der Waals surface area contributed by atoms with Crippen LogP contribution in [-0.2, 0) is 13.1 Å². The molecule has 0 spiro atoms. The Morgan fingerprint density at radius 1 is 1.15 bits per heavy atom. The third kappa shape index (κ3) is 4.03. The van der Waals surface area contributed by atoms with Crippen molar-refractivity contribution >= 4 is 32.4 Å². The van der Waals surface area contributed by atoms with Gasteiger partial charge < -0.3 is 9.73 Å². The summed E-state index contributed by atoms with van der Waals surface area (Å²) < 4.78 is 21.6. The molecule has 4 rings (SSSR count). The number of nitrogens with one attached hydrogen (secondary N) is 1. The van der Waals surface area contributed by atoms with Gasteiger partial charge in [-0.1, -0.05) is 0 Å². The highest BCUT2D eigenvalue weighted by atomic mass is 79.9. The minimum absolute atomic E-state index is 0.260. The van der Waals surface area contributed by atoms with Crippen LogP contribution in [0.15, 0.2) is 63.9 Å². The number of rotatable bonds is 6. The Hall–Kier alpha value is -2.45. The molecule has 0 aliphatic rings. The van der Waals surface area contributed by atoms with Gasteiger partial charge >= 0.3 is 0 Å². The standard InChI is InChI=1S/C18H14BrFN4OS/c19-13-7-23-24(10-13)11-16-9-22-18(26-16)21-8-15-5-6-17(25-15)12-1-3-14(20)4-2-12/h1-7,9-10H,8,11H2,(H,21,22). The average molecular weight is 433 g/mol. The minimum atomic E-state index is -0.260. The van der Waals surface area contributed by atoms with Crippen molar-refractivity contribution in [2.75, 3.05) is 5.32 Å². The van der Waals surface area contributed by atoms with Gasteiger partial charge in [0.25, 0.3) is 0 Å². The van der Waals surface area contributed by atoms with Crippen molar-refractivity contribution < 1.29 is 8.81 Å². The highest BCUT2D eigenvalue weighted by Gasteiger charge is 2.07. The van der Waals surface area contributed by atoms with Crippen molar-refractivity contribution in [3.8, 4) is 11.3 Å². The molecule has 0 fully saturated rings. The summed E-state index contributed by atoms with van der Waals surface area (Å²) in [5.41, 5.74) is 0.847. The highest BCUT2D eigenvalue weighted by Crippen LogP contribution is 2.24. The molecule has 0 aliphatic carbocycles. The maximum Gasteiger partial charge on any atom is 0.183 e. The van der Waals surface area contributed by atoms with Crippen molar-refractivity contribution in [1.29, 1.82) is 0 Å². The topological polar surface area (TPSA) is 55.9 Å². The van der Waals surface area contributed by atoms with E-state index in [0.29, 0.717) is 18.8 Å². The molecule has 4 aromatic rings. The monoisotopic (exact) mass is 432 g/mol. The van der Waals surface area contributed by atoms with Gasteiger partial charge in [-0.3, -0.25) is 4.68 Å². The molecule has 5 nitrogen and oxygen atoms in total. The number of hydrogen-bond acceptors (Lipinski definition) is 5. The van der Waals surface area contributed by atoms with Gasteiger partial charge in [0, 0.05) is 22.8 Å². The number of furan rings is 1. The Bertz CT molecular complexity index is 1010. The number of halogens is 2. The summed E-state index contributed by atoms with van der Waals surface area (Å²) in [6.07, 6.45) is 5.52. The van der Waals surface area contributed by atoms with Gasteiger partial charge in [0.1, 0.15) is 17.3 Å². The quantitative estimate of drug-likeness (QED) is 0.456. The first-order valence-corrected chi connectivity index (χ1v) is 9.48. The molecule has 0 bridgehead atoms. The summed E-state index contributed by atoms with van der Waals surface area (Å²) in [7, 11) is 0. The third-order valence-corrected chi connectivity index (χ3v) is 5.03. The summed E-state index contributed by atoms with van der Waals surface area (Å²) >= 11 is 4.97. The van der Waals surface area contributed by atoms with Gasteiger partial charge in [-0.2, -0.15) is 5.10 Å².